The molecule has 4 aromatic rings. The number of anilines is 1. The predicted octanol–water partition coefficient (Wildman–Crippen LogP) is 6.19. The Balaban J connectivity index is 1.43. The molecule has 176 valence electrons. The summed E-state index contributed by atoms with van der Waals surface area (Å²) in [4.78, 5) is 9.10. The topological polar surface area (TPSA) is 62.3 Å². The van der Waals surface area contributed by atoms with Crippen LogP contribution in [0.4, 0.5) is 5.00 Å². The zero-order valence-corrected chi connectivity index (χ0v) is 21.5. The number of hydrogen-bond acceptors (Lipinski definition) is 7. The Morgan fingerprint density at radius 1 is 1.12 bits per heavy atom. The largest absolute Gasteiger partial charge is 0.351 e. The third-order valence-corrected chi connectivity index (χ3v) is 10.1. The number of sulfone groups is 1. The lowest BCUT2D eigenvalue weighted by atomic mass is 10.0. The van der Waals surface area contributed by atoms with Gasteiger partial charge in [-0.15, -0.1) is 22.7 Å². The Morgan fingerprint density at radius 2 is 1.88 bits per heavy atom. The van der Waals surface area contributed by atoms with Crippen LogP contribution in [0.3, 0.4) is 0 Å². The highest BCUT2D eigenvalue weighted by Gasteiger charge is 2.27. The highest BCUT2D eigenvalue weighted by atomic mass is 32.2. The monoisotopic (exact) mass is 509 g/mol. The second-order valence-electron chi connectivity index (χ2n) is 8.42. The van der Waals surface area contributed by atoms with Crippen molar-refractivity contribution in [3.8, 4) is 10.6 Å². The number of hydrogen-bond donors (Lipinski definition) is 1. The van der Waals surface area contributed by atoms with Gasteiger partial charge in [0.15, 0.2) is 9.84 Å². The van der Waals surface area contributed by atoms with E-state index in [0.29, 0.717) is 17.0 Å². The minimum atomic E-state index is -3.35. The molecule has 1 aliphatic heterocycles. The van der Waals surface area contributed by atoms with E-state index in [-0.39, 0.29) is 5.75 Å². The Labute approximate surface area is 208 Å². The summed E-state index contributed by atoms with van der Waals surface area (Å²) in [5.41, 5.74) is 4.23. The van der Waals surface area contributed by atoms with Crippen molar-refractivity contribution in [2.45, 2.75) is 31.2 Å². The van der Waals surface area contributed by atoms with Crippen LogP contribution in [-0.4, -0.2) is 37.1 Å². The van der Waals surface area contributed by atoms with E-state index in [9.17, 15) is 8.42 Å². The first-order chi connectivity index (χ1) is 16.4. The third kappa shape index (κ3) is 4.68. The van der Waals surface area contributed by atoms with Crippen LogP contribution in [0.15, 0.2) is 71.8 Å². The Morgan fingerprint density at radius 3 is 2.65 bits per heavy atom. The van der Waals surface area contributed by atoms with Crippen LogP contribution >= 0.6 is 22.7 Å². The summed E-state index contributed by atoms with van der Waals surface area (Å²) >= 11 is 3.45. The number of allylic oxidation sites excluding steroid dienone is 1. The highest BCUT2D eigenvalue weighted by Crippen LogP contribution is 2.46. The van der Waals surface area contributed by atoms with Crippen molar-refractivity contribution in [1.29, 1.82) is 0 Å². The molecule has 0 unspecified atom stereocenters. The fourth-order valence-corrected chi connectivity index (χ4v) is 8.02. The minimum absolute atomic E-state index is 0.0218. The van der Waals surface area contributed by atoms with Gasteiger partial charge in [-0.05, 0) is 42.8 Å². The lowest BCUT2D eigenvalue weighted by molar-refractivity contribution is 0.272. The van der Waals surface area contributed by atoms with Crippen LogP contribution in [0.25, 0.3) is 20.8 Å². The number of likely N-dealkylation sites (N-methyl/N-ethyl adjacent to an activating group) is 1. The van der Waals surface area contributed by atoms with Crippen molar-refractivity contribution in [2.75, 3.05) is 24.2 Å². The van der Waals surface area contributed by atoms with E-state index in [2.05, 4.69) is 29.8 Å². The molecule has 0 atom stereocenters. The molecule has 8 heteroatoms. The Bertz CT molecular complexity index is 1410. The van der Waals surface area contributed by atoms with Crippen LogP contribution in [0.1, 0.15) is 23.8 Å². The van der Waals surface area contributed by atoms with Crippen LogP contribution in [0, 0.1) is 0 Å². The second kappa shape index (κ2) is 9.62. The van der Waals surface area contributed by atoms with Crippen molar-refractivity contribution in [3.63, 3.8) is 0 Å². The van der Waals surface area contributed by atoms with Gasteiger partial charge < -0.3 is 5.32 Å². The molecule has 1 aliphatic rings. The number of benzene rings is 2. The molecule has 5 nitrogen and oxygen atoms in total. The molecular weight excluding hydrogens is 483 g/mol. The first-order valence-electron chi connectivity index (χ1n) is 11.4. The number of fused-ring (bicyclic) bond motifs is 2. The second-order valence-corrected chi connectivity index (χ2v) is 12.7. The van der Waals surface area contributed by atoms with Gasteiger partial charge in [-0.1, -0.05) is 43.8 Å². The normalized spacial score (nSPS) is 14.3. The molecule has 1 N–H and O–H groups in total. The zero-order valence-electron chi connectivity index (χ0n) is 19.1. The van der Waals surface area contributed by atoms with Gasteiger partial charge in [0.1, 0.15) is 10.0 Å². The van der Waals surface area contributed by atoms with E-state index in [0.717, 1.165) is 47.1 Å². The fourth-order valence-electron chi connectivity index (χ4n) is 4.25. The molecule has 34 heavy (non-hydrogen) atoms. The summed E-state index contributed by atoms with van der Waals surface area (Å²) in [5, 5.41) is 5.50. The minimum Gasteiger partial charge on any atom is -0.351 e. The Hall–Kier alpha value is -2.52. The molecule has 0 saturated carbocycles. The summed E-state index contributed by atoms with van der Waals surface area (Å²) in [6.45, 7) is 9.36. The number of nitrogens with zero attached hydrogens (tertiary/aromatic N) is 2. The molecule has 0 bridgehead atoms. The summed E-state index contributed by atoms with van der Waals surface area (Å²) < 4.78 is 26.6. The van der Waals surface area contributed by atoms with Crippen LogP contribution in [0.2, 0.25) is 0 Å². The number of para-hydroxylation sites is 1. The third-order valence-electron chi connectivity index (χ3n) is 6.16. The van der Waals surface area contributed by atoms with E-state index in [1.807, 2.05) is 24.3 Å². The van der Waals surface area contributed by atoms with Crippen LogP contribution in [-0.2, 0) is 22.8 Å². The molecule has 0 spiro atoms. The standard InChI is InChI=1S/C26H27N3O2S3/c1-3-29-15-13-20-23(17-29)33-25(24(20)26-28-21-11-7-8-12-22(21)32-26)27-18(2)14-16-34(30,31)19-9-5-4-6-10-19/h4-12,27H,2-3,13-17H2,1H3. The van der Waals surface area contributed by atoms with Crippen molar-refractivity contribution in [1.82, 2.24) is 9.88 Å². The molecule has 3 heterocycles. The maximum Gasteiger partial charge on any atom is 0.178 e. The first-order valence-corrected chi connectivity index (χ1v) is 14.7. The van der Waals surface area contributed by atoms with Crippen molar-refractivity contribution < 1.29 is 8.42 Å². The quantitative estimate of drug-likeness (QED) is 0.307. The molecule has 0 amide bonds. The van der Waals surface area contributed by atoms with Gasteiger partial charge in [0, 0.05) is 35.6 Å². The molecule has 0 aliphatic carbocycles. The lowest BCUT2D eigenvalue weighted by Crippen LogP contribution is -2.29. The van der Waals surface area contributed by atoms with Gasteiger partial charge in [0.05, 0.1) is 20.9 Å². The summed E-state index contributed by atoms with van der Waals surface area (Å²) in [7, 11) is -3.35. The van der Waals surface area contributed by atoms with E-state index in [4.69, 9.17) is 4.98 Å². The van der Waals surface area contributed by atoms with E-state index in [1.54, 1.807) is 46.9 Å². The molecule has 2 aromatic heterocycles. The van der Waals surface area contributed by atoms with E-state index >= 15 is 0 Å². The van der Waals surface area contributed by atoms with Gasteiger partial charge in [-0.3, -0.25) is 4.90 Å². The summed E-state index contributed by atoms with van der Waals surface area (Å²) in [5.74, 6) is 0.0218. The van der Waals surface area contributed by atoms with Gasteiger partial charge in [-0.25, -0.2) is 13.4 Å². The highest BCUT2D eigenvalue weighted by molar-refractivity contribution is 7.91. The number of rotatable bonds is 8. The van der Waals surface area contributed by atoms with Crippen LogP contribution < -0.4 is 5.32 Å². The Kier molecular flexibility index (Phi) is 6.57. The number of thiazole rings is 1. The number of thiophene rings is 1. The average molecular weight is 510 g/mol. The smallest absolute Gasteiger partial charge is 0.178 e. The molecule has 0 fully saturated rings. The lowest BCUT2D eigenvalue weighted by Gasteiger charge is -2.25. The van der Waals surface area contributed by atoms with Crippen molar-refractivity contribution >= 4 is 47.7 Å². The summed E-state index contributed by atoms with van der Waals surface area (Å²) in [6, 6.07) is 16.8. The SMILES string of the molecule is C=C(CCS(=O)(=O)c1ccccc1)Nc1sc2c(c1-c1nc3ccccc3s1)CCN(CC)C2. The number of nitrogens with one attached hydrogen (secondary N) is 1. The maximum atomic E-state index is 12.7. The van der Waals surface area contributed by atoms with Crippen molar-refractivity contribution in [2.24, 2.45) is 0 Å². The zero-order chi connectivity index (χ0) is 23.7. The first kappa shape index (κ1) is 23.2. The molecular formula is C26H27N3O2S3. The van der Waals surface area contributed by atoms with Gasteiger partial charge in [0.2, 0.25) is 0 Å². The van der Waals surface area contributed by atoms with Gasteiger partial charge >= 0.3 is 0 Å². The van der Waals surface area contributed by atoms with E-state index in [1.165, 1.54) is 15.1 Å². The fraction of sp³-hybridized carbons (Fsp3) is 0.269. The van der Waals surface area contributed by atoms with E-state index < -0.39 is 9.84 Å². The molecule has 2 aromatic carbocycles. The average Bonchev–Trinajstić information content (AvgIpc) is 3.43. The molecule has 5 rings (SSSR count). The van der Waals surface area contributed by atoms with Crippen molar-refractivity contribution in [3.05, 3.63) is 77.3 Å². The summed E-state index contributed by atoms with van der Waals surface area (Å²) in [6.07, 6.45) is 1.33. The predicted molar refractivity (Wildman–Crippen MR) is 143 cm³/mol. The molecule has 0 saturated heterocycles. The number of aromatic nitrogens is 1. The van der Waals surface area contributed by atoms with Gasteiger partial charge in [-0.2, -0.15) is 0 Å². The van der Waals surface area contributed by atoms with Crippen LogP contribution in [0.5, 0.6) is 0 Å². The van der Waals surface area contributed by atoms with Gasteiger partial charge in [0.25, 0.3) is 0 Å². The molecule has 0 radical (unpaired) electrons. The maximum absolute atomic E-state index is 12.7.